The first kappa shape index (κ1) is 31.1. The first-order chi connectivity index (χ1) is 27.3. The smallest absolute Gasteiger partial charge is 0.227 e. The summed E-state index contributed by atoms with van der Waals surface area (Å²) >= 11 is 0. The first-order valence-electron chi connectivity index (χ1n) is 18.6. The number of hydrogen-bond acceptors (Lipinski definition) is 3. The van der Waals surface area contributed by atoms with Gasteiger partial charge in [-0.1, -0.05) is 127 Å². The zero-order chi connectivity index (χ0) is 36.3. The monoisotopic (exact) mass is 703 g/mol. The fourth-order valence-electron chi connectivity index (χ4n) is 8.18. The van der Waals surface area contributed by atoms with Crippen LogP contribution in [0.1, 0.15) is 0 Å². The molecular weight excluding hydrogens is 671 g/mol. The summed E-state index contributed by atoms with van der Waals surface area (Å²) in [6, 6.07) is 71.1. The Balaban J connectivity index is 1.14. The Morgan fingerprint density at radius 2 is 1.05 bits per heavy atom. The van der Waals surface area contributed by atoms with Crippen molar-refractivity contribution in [2.75, 3.05) is 4.90 Å². The summed E-state index contributed by atoms with van der Waals surface area (Å²) in [6.45, 7) is 0. The summed E-state index contributed by atoms with van der Waals surface area (Å²) in [5.41, 5.74) is 11.5. The van der Waals surface area contributed by atoms with E-state index in [0.717, 1.165) is 55.7 Å². The minimum absolute atomic E-state index is 0.610. The van der Waals surface area contributed by atoms with E-state index >= 15 is 0 Å². The van der Waals surface area contributed by atoms with Gasteiger partial charge < -0.3 is 13.9 Å². The molecule has 55 heavy (non-hydrogen) atoms. The molecule has 4 nitrogen and oxygen atoms in total. The minimum atomic E-state index is 0.610. The molecule has 2 heterocycles. The lowest BCUT2D eigenvalue weighted by atomic mass is 10.0. The molecule has 0 saturated carbocycles. The third-order valence-electron chi connectivity index (χ3n) is 10.8. The lowest BCUT2D eigenvalue weighted by Crippen LogP contribution is -2.10. The molecule has 2 aromatic heterocycles. The molecule has 258 valence electrons. The molecule has 0 bridgehead atoms. The van der Waals surface area contributed by atoms with Gasteiger partial charge in [0, 0.05) is 44.2 Å². The summed E-state index contributed by atoms with van der Waals surface area (Å²) < 4.78 is 8.89. The van der Waals surface area contributed by atoms with Crippen molar-refractivity contribution in [2.45, 2.75) is 0 Å². The molecular formula is C51H33N3O. The second kappa shape index (κ2) is 12.6. The van der Waals surface area contributed by atoms with E-state index in [1.807, 2.05) is 30.3 Å². The third-order valence-corrected chi connectivity index (χ3v) is 10.8. The largest absolute Gasteiger partial charge is 0.435 e. The van der Waals surface area contributed by atoms with Crippen LogP contribution in [0.15, 0.2) is 205 Å². The molecule has 0 N–H and O–H groups in total. The van der Waals surface area contributed by atoms with E-state index < -0.39 is 0 Å². The Morgan fingerprint density at radius 1 is 0.418 bits per heavy atom. The number of oxazole rings is 1. The van der Waals surface area contributed by atoms with Gasteiger partial charge in [0.25, 0.3) is 0 Å². The number of aromatic nitrogens is 2. The summed E-state index contributed by atoms with van der Waals surface area (Å²) in [4.78, 5) is 7.45. The van der Waals surface area contributed by atoms with Gasteiger partial charge in [-0.2, -0.15) is 0 Å². The van der Waals surface area contributed by atoms with Crippen LogP contribution in [0.5, 0.6) is 0 Å². The van der Waals surface area contributed by atoms with Crippen LogP contribution in [-0.2, 0) is 0 Å². The van der Waals surface area contributed by atoms with E-state index in [4.69, 9.17) is 9.40 Å². The van der Waals surface area contributed by atoms with Crippen molar-refractivity contribution < 1.29 is 4.42 Å². The topological polar surface area (TPSA) is 34.2 Å². The number of fused-ring (bicyclic) bond motifs is 7. The Morgan fingerprint density at radius 3 is 1.87 bits per heavy atom. The highest BCUT2D eigenvalue weighted by molar-refractivity contribution is 6.14. The van der Waals surface area contributed by atoms with E-state index in [2.05, 4.69) is 179 Å². The Bertz CT molecular complexity index is 3200. The highest BCUT2D eigenvalue weighted by atomic mass is 16.3. The van der Waals surface area contributed by atoms with Crippen molar-refractivity contribution in [3.63, 3.8) is 0 Å². The van der Waals surface area contributed by atoms with Crippen LogP contribution in [0.2, 0.25) is 0 Å². The fraction of sp³-hybridized carbons (Fsp3) is 0. The van der Waals surface area contributed by atoms with Crippen molar-refractivity contribution in [3.05, 3.63) is 200 Å². The summed E-state index contributed by atoms with van der Waals surface area (Å²) in [5, 5.41) is 6.96. The second-order valence-corrected chi connectivity index (χ2v) is 14.0. The van der Waals surface area contributed by atoms with E-state index in [9.17, 15) is 0 Å². The number of nitrogens with zero attached hydrogens (tertiary/aromatic N) is 3. The predicted octanol–water partition coefficient (Wildman–Crippen LogP) is 14.0. The Hall–Kier alpha value is -7.43. The van der Waals surface area contributed by atoms with Crippen LogP contribution in [0.4, 0.5) is 17.1 Å². The van der Waals surface area contributed by atoms with Gasteiger partial charge in [-0.25, -0.2) is 4.98 Å². The van der Waals surface area contributed by atoms with Gasteiger partial charge in [0.15, 0.2) is 5.58 Å². The maximum atomic E-state index is 6.53. The molecule has 11 rings (SSSR count). The molecule has 0 spiro atoms. The van der Waals surface area contributed by atoms with E-state index in [0.29, 0.717) is 5.89 Å². The molecule has 0 saturated heterocycles. The van der Waals surface area contributed by atoms with E-state index in [1.165, 1.54) is 38.2 Å². The van der Waals surface area contributed by atoms with E-state index in [1.54, 1.807) is 0 Å². The molecule has 0 radical (unpaired) electrons. The minimum Gasteiger partial charge on any atom is -0.435 e. The van der Waals surface area contributed by atoms with Crippen molar-refractivity contribution in [1.29, 1.82) is 0 Å². The molecule has 11 aromatic rings. The lowest BCUT2D eigenvalue weighted by Gasteiger charge is -2.27. The molecule has 0 unspecified atom stereocenters. The van der Waals surface area contributed by atoms with Gasteiger partial charge in [-0.15, -0.1) is 0 Å². The van der Waals surface area contributed by atoms with Crippen LogP contribution < -0.4 is 4.90 Å². The zero-order valence-corrected chi connectivity index (χ0v) is 29.8. The molecule has 0 atom stereocenters. The highest BCUT2D eigenvalue weighted by Gasteiger charge is 2.22. The lowest BCUT2D eigenvalue weighted by molar-refractivity contribution is 0.623. The standard InChI is InChI=1S/C51H33N3O/c1-3-14-36(15-4-1)51-52-46-33-49(42-19-9-10-21-44(42)50(46)55-51)53(40-27-25-35(26-28-40)38-24-23-34-13-7-8-16-37(34)31-38)41-29-30-48-45(32-41)43-20-11-12-22-47(43)54(48)39-17-5-2-6-18-39/h1-33H. The number of hydrogen-bond donors (Lipinski definition) is 0. The Labute approximate surface area is 317 Å². The molecule has 0 amide bonds. The molecule has 0 aliphatic carbocycles. The van der Waals surface area contributed by atoms with Gasteiger partial charge >= 0.3 is 0 Å². The molecule has 9 aromatic carbocycles. The van der Waals surface area contributed by atoms with Gasteiger partial charge in [0.1, 0.15) is 5.52 Å². The van der Waals surface area contributed by atoms with Crippen LogP contribution >= 0.6 is 0 Å². The predicted molar refractivity (Wildman–Crippen MR) is 229 cm³/mol. The van der Waals surface area contributed by atoms with Crippen LogP contribution in [0.25, 0.3) is 82.7 Å². The average Bonchev–Trinajstić information content (AvgIpc) is 3.84. The second-order valence-electron chi connectivity index (χ2n) is 14.0. The number of anilines is 3. The normalized spacial score (nSPS) is 11.6. The van der Waals surface area contributed by atoms with Crippen LogP contribution in [-0.4, -0.2) is 9.55 Å². The van der Waals surface area contributed by atoms with Crippen molar-refractivity contribution >= 4 is 71.5 Å². The maximum absolute atomic E-state index is 6.53. The van der Waals surface area contributed by atoms with Crippen LogP contribution in [0, 0.1) is 0 Å². The average molecular weight is 704 g/mol. The van der Waals surface area contributed by atoms with Crippen molar-refractivity contribution in [3.8, 4) is 28.3 Å². The van der Waals surface area contributed by atoms with Gasteiger partial charge in [0.2, 0.25) is 5.89 Å². The summed E-state index contributed by atoms with van der Waals surface area (Å²) in [6.07, 6.45) is 0. The van der Waals surface area contributed by atoms with Crippen molar-refractivity contribution in [1.82, 2.24) is 9.55 Å². The molecule has 0 aliphatic heterocycles. The highest BCUT2D eigenvalue weighted by Crippen LogP contribution is 2.45. The quantitative estimate of drug-likeness (QED) is 0.173. The van der Waals surface area contributed by atoms with E-state index in [-0.39, 0.29) is 0 Å². The Kier molecular flexibility index (Phi) is 7.14. The number of benzene rings is 9. The molecule has 0 aliphatic rings. The van der Waals surface area contributed by atoms with Gasteiger partial charge in [-0.3, -0.25) is 0 Å². The summed E-state index contributed by atoms with van der Waals surface area (Å²) in [5.74, 6) is 0.610. The maximum Gasteiger partial charge on any atom is 0.227 e. The number of para-hydroxylation sites is 2. The SMILES string of the molecule is c1ccc(-c2nc3cc(N(c4ccc(-c5ccc6ccccc6c5)cc4)c4ccc5c(c4)c4ccccc4n5-c4ccccc4)c4ccccc4c3o2)cc1. The van der Waals surface area contributed by atoms with Crippen LogP contribution in [0.3, 0.4) is 0 Å². The van der Waals surface area contributed by atoms with Crippen molar-refractivity contribution in [2.24, 2.45) is 0 Å². The summed E-state index contributed by atoms with van der Waals surface area (Å²) in [7, 11) is 0. The fourth-order valence-corrected chi connectivity index (χ4v) is 8.18. The van der Waals surface area contributed by atoms with Gasteiger partial charge in [0.05, 0.1) is 16.7 Å². The van der Waals surface area contributed by atoms with Gasteiger partial charge in [-0.05, 0) is 94.7 Å². The zero-order valence-electron chi connectivity index (χ0n) is 29.8. The molecule has 4 heteroatoms. The molecule has 0 fully saturated rings. The third kappa shape index (κ3) is 5.19. The first-order valence-corrected chi connectivity index (χ1v) is 18.6. The number of rotatable bonds is 6.